The Morgan fingerprint density at radius 1 is 1.38 bits per heavy atom. The molecule has 0 aromatic heterocycles. The highest BCUT2D eigenvalue weighted by Gasteiger charge is 2.12. The smallest absolute Gasteiger partial charge is 0.239 e. The third-order valence-electron chi connectivity index (χ3n) is 1.79. The van der Waals surface area contributed by atoms with E-state index in [0.717, 1.165) is 0 Å². The lowest BCUT2D eigenvalue weighted by atomic mass is 10.1. The Morgan fingerprint density at radius 3 is 2.62 bits per heavy atom. The van der Waals surface area contributed by atoms with E-state index in [2.05, 4.69) is 10.6 Å². The van der Waals surface area contributed by atoms with Gasteiger partial charge in [0.1, 0.15) is 5.82 Å². The van der Waals surface area contributed by atoms with Gasteiger partial charge in [-0.3, -0.25) is 4.79 Å². The molecule has 0 aliphatic rings. The molecule has 16 heavy (non-hydrogen) atoms. The topological polar surface area (TPSA) is 41.1 Å². The minimum atomic E-state index is -0.318. The van der Waals surface area contributed by atoms with Crippen LogP contribution in [0.25, 0.3) is 0 Å². The number of amides is 1. The lowest BCUT2D eigenvalue weighted by Gasteiger charge is -2.20. The van der Waals surface area contributed by atoms with Gasteiger partial charge in [0.25, 0.3) is 0 Å². The highest BCUT2D eigenvalue weighted by atomic mass is 19.1. The van der Waals surface area contributed by atoms with Crippen LogP contribution in [0, 0.1) is 5.82 Å². The molecule has 88 valence electrons. The van der Waals surface area contributed by atoms with E-state index in [4.69, 9.17) is 0 Å². The van der Waals surface area contributed by atoms with Crippen molar-refractivity contribution in [3.05, 3.63) is 30.1 Å². The van der Waals surface area contributed by atoms with Gasteiger partial charge in [0.15, 0.2) is 0 Å². The van der Waals surface area contributed by atoms with E-state index in [9.17, 15) is 9.18 Å². The molecule has 0 radical (unpaired) electrons. The van der Waals surface area contributed by atoms with Crippen LogP contribution in [0.15, 0.2) is 24.3 Å². The monoisotopic (exact) mass is 224 g/mol. The second kappa shape index (κ2) is 4.96. The van der Waals surface area contributed by atoms with Crippen molar-refractivity contribution < 1.29 is 9.18 Å². The molecule has 0 heterocycles. The fourth-order valence-electron chi connectivity index (χ4n) is 1.24. The van der Waals surface area contributed by atoms with Crippen LogP contribution < -0.4 is 10.6 Å². The second-order valence-corrected chi connectivity index (χ2v) is 4.66. The van der Waals surface area contributed by atoms with Gasteiger partial charge >= 0.3 is 0 Å². The molecule has 1 aromatic carbocycles. The number of rotatable bonds is 3. The quantitative estimate of drug-likeness (QED) is 0.826. The normalized spacial score (nSPS) is 11.0. The van der Waals surface area contributed by atoms with E-state index < -0.39 is 0 Å². The molecule has 0 spiro atoms. The minimum Gasteiger partial charge on any atom is -0.376 e. The number of hydrogen-bond acceptors (Lipinski definition) is 2. The Labute approximate surface area is 95.0 Å². The molecule has 0 fully saturated rings. The molecule has 0 aliphatic heterocycles. The van der Waals surface area contributed by atoms with E-state index >= 15 is 0 Å². The number of carbonyl (C=O) groups excluding carboxylic acids is 1. The zero-order valence-electron chi connectivity index (χ0n) is 9.80. The van der Waals surface area contributed by atoms with Gasteiger partial charge in [-0.2, -0.15) is 0 Å². The summed E-state index contributed by atoms with van der Waals surface area (Å²) in [6.07, 6.45) is 0. The van der Waals surface area contributed by atoms with Crippen LogP contribution in [-0.4, -0.2) is 18.0 Å². The SMILES string of the molecule is CC(C)(C)NC(=O)CNc1cccc(F)c1. The van der Waals surface area contributed by atoms with Gasteiger partial charge in [-0.25, -0.2) is 4.39 Å². The summed E-state index contributed by atoms with van der Waals surface area (Å²) in [4.78, 5) is 11.4. The zero-order chi connectivity index (χ0) is 12.2. The van der Waals surface area contributed by atoms with Gasteiger partial charge in [0.05, 0.1) is 6.54 Å². The molecule has 2 N–H and O–H groups in total. The second-order valence-electron chi connectivity index (χ2n) is 4.66. The van der Waals surface area contributed by atoms with Crippen molar-refractivity contribution in [2.45, 2.75) is 26.3 Å². The summed E-state index contributed by atoms with van der Waals surface area (Å²) < 4.78 is 12.8. The molecule has 0 aliphatic carbocycles. The van der Waals surface area contributed by atoms with E-state index in [0.29, 0.717) is 5.69 Å². The standard InChI is InChI=1S/C12H17FN2O/c1-12(2,3)15-11(16)8-14-10-6-4-5-9(13)7-10/h4-7,14H,8H2,1-3H3,(H,15,16). The molecule has 0 saturated heterocycles. The molecule has 0 unspecified atom stereocenters. The van der Waals surface area contributed by atoms with Gasteiger partial charge in [-0.1, -0.05) is 6.07 Å². The molecule has 0 atom stereocenters. The number of nitrogens with one attached hydrogen (secondary N) is 2. The van der Waals surface area contributed by atoms with Crippen LogP contribution in [0.2, 0.25) is 0 Å². The van der Waals surface area contributed by atoms with Crippen molar-refractivity contribution in [2.75, 3.05) is 11.9 Å². The number of halogens is 1. The molecule has 3 nitrogen and oxygen atoms in total. The summed E-state index contributed by atoms with van der Waals surface area (Å²) in [6, 6.07) is 6.03. The van der Waals surface area contributed by atoms with Crippen LogP contribution in [0.1, 0.15) is 20.8 Å². The van der Waals surface area contributed by atoms with Crippen LogP contribution in [0.5, 0.6) is 0 Å². The number of anilines is 1. The van der Waals surface area contributed by atoms with Gasteiger partial charge in [-0.05, 0) is 39.0 Å². The first-order valence-corrected chi connectivity index (χ1v) is 5.17. The highest BCUT2D eigenvalue weighted by molar-refractivity contribution is 5.81. The van der Waals surface area contributed by atoms with Crippen molar-refractivity contribution in [3.8, 4) is 0 Å². The molecular weight excluding hydrogens is 207 g/mol. The predicted octanol–water partition coefficient (Wildman–Crippen LogP) is 2.15. The fraction of sp³-hybridized carbons (Fsp3) is 0.417. The van der Waals surface area contributed by atoms with Crippen LogP contribution >= 0.6 is 0 Å². The summed E-state index contributed by atoms with van der Waals surface area (Å²) in [7, 11) is 0. The Balaban J connectivity index is 2.43. The molecule has 1 aromatic rings. The van der Waals surface area contributed by atoms with Crippen LogP contribution in [0.4, 0.5) is 10.1 Å². The van der Waals surface area contributed by atoms with Gasteiger partial charge < -0.3 is 10.6 Å². The van der Waals surface area contributed by atoms with Crippen molar-refractivity contribution in [1.82, 2.24) is 5.32 Å². The van der Waals surface area contributed by atoms with Gasteiger partial charge in [0, 0.05) is 11.2 Å². The average Bonchev–Trinajstić information content (AvgIpc) is 2.12. The summed E-state index contributed by atoms with van der Waals surface area (Å²) in [5.74, 6) is -0.432. The largest absolute Gasteiger partial charge is 0.376 e. The van der Waals surface area contributed by atoms with E-state index in [1.54, 1.807) is 12.1 Å². The number of benzene rings is 1. The van der Waals surface area contributed by atoms with E-state index in [1.165, 1.54) is 12.1 Å². The Bertz CT molecular complexity index is 372. The molecule has 1 amide bonds. The zero-order valence-corrected chi connectivity index (χ0v) is 9.80. The molecule has 0 saturated carbocycles. The Kier molecular flexibility index (Phi) is 3.88. The van der Waals surface area contributed by atoms with Gasteiger partial charge in [0.2, 0.25) is 5.91 Å². The maximum atomic E-state index is 12.8. The molecule has 0 bridgehead atoms. The Hall–Kier alpha value is -1.58. The predicted molar refractivity (Wildman–Crippen MR) is 62.8 cm³/mol. The minimum absolute atomic E-state index is 0.114. The average molecular weight is 224 g/mol. The number of hydrogen-bond donors (Lipinski definition) is 2. The first-order valence-electron chi connectivity index (χ1n) is 5.17. The van der Waals surface area contributed by atoms with Crippen molar-refractivity contribution >= 4 is 11.6 Å². The fourth-order valence-corrected chi connectivity index (χ4v) is 1.24. The van der Waals surface area contributed by atoms with Crippen LogP contribution in [-0.2, 0) is 4.79 Å². The highest BCUT2D eigenvalue weighted by Crippen LogP contribution is 2.08. The third kappa shape index (κ3) is 4.77. The summed E-state index contributed by atoms with van der Waals surface area (Å²) in [6.45, 7) is 5.87. The first kappa shape index (κ1) is 12.5. The van der Waals surface area contributed by atoms with Crippen molar-refractivity contribution in [2.24, 2.45) is 0 Å². The van der Waals surface area contributed by atoms with E-state index in [-0.39, 0.29) is 23.8 Å². The summed E-state index contributed by atoms with van der Waals surface area (Å²) >= 11 is 0. The molecular formula is C12H17FN2O. The van der Waals surface area contributed by atoms with E-state index in [1.807, 2.05) is 20.8 Å². The van der Waals surface area contributed by atoms with Crippen LogP contribution in [0.3, 0.4) is 0 Å². The summed E-state index contributed by atoms with van der Waals surface area (Å²) in [5.41, 5.74) is 0.352. The first-order chi connectivity index (χ1) is 7.37. The lowest BCUT2D eigenvalue weighted by molar-refractivity contribution is -0.120. The Morgan fingerprint density at radius 2 is 2.06 bits per heavy atom. The molecule has 4 heteroatoms. The van der Waals surface area contributed by atoms with Crippen molar-refractivity contribution in [3.63, 3.8) is 0 Å². The molecule has 1 rings (SSSR count). The number of carbonyl (C=O) groups is 1. The van der Waals surface area contributed by atoms with Gasteiger partial charge in [-0.15, -0.1) is 0 Å². The maximum Gasteiger partial charge on any atom is 0.239 e. The lowest BCUT2D eigenvalue weighted by Crippen LogP contribution is -2.43. The third-order valence-corrected chi connectivity index (χ3v) is 1.79. The van der Waals surface area contributed by atoms with Crippen molar-refractivity contribution in [1.29, 1.82) is 0 Å². The summed E-state index contributed by atoms with van der Waals surface area (Å²) in [5, 5.41) is 5.66. The maximum absolute atomic E-state index is 12.8.